The van der Waals surface area contributed by atoms with Crippen LogP contribution in [0.15, 0.2) is 12.2 Å². The third-order valence-electron chi connectivity index (χ3n) is 3.72. The van der Waals surface area contributed by atoms with Crippen molar-refractivity contribution < 1.29 is 4.79 Å². The smallest absolute Gasteiger partial charge is 0.119 e. The summed E-state index contributed by atoms with van der Waals surface area (Å²) in [7, 11) is 0. The third-order valence-corrected chi connectivity index (χ3v) is 7.28. The van der Waals surface area contributed by atoms with Crippen LogP contribution in [0.4, 0.5) is 0 Å². The molecule has 0 amide bonds. The standard InChI is InChI=1S/C17H30OS2/c1-2-3-4-5-6-7-8-12-17(13-9-10-14-18)19-15-11-16-20-17/h5-6,14H,2-4,7-13,15-16H2,1H3/b6-5+. The predicted molar refractivity (Wildman–Crippen MR) is 94.7 cm³/mol. The van der Waals surface area contributed by atoms with Crippen molar-refractivity contribution in [1.82, 2.24) is 0 Å². The van der Waals surface area contributed by atoms with Crippen LogP contribution in [0.2, 0.25) is 0 Å². The van der Waals surface area contributed by atoms with Gasteiger partial charge in [-0.05, 0) is 56.5 Å². The number of hydrogen-bond acceptors (Lipinski definition) is 3. The Bertz CT molecular complexity index is 270. The Balaban J connectivity index is 2.25. The molecule has 1 aliphatic rings. The lowest BCUT2D eigenvalue weighted by molar-refractivity contribution is -0.107. The number of rotatable bonds is 11. The van der Waals surface area contributed by atoms with Gasteiger partial charge in [-0.1, -0.05) is 31.9 Å². The van der Waals surface area contributed by atoms with Gasteiger partial charge in [0.1, 0.15) is 6.29 Å². The average molecular weight is 315 g/mol. The monoisotopic (exact) mass is 314 g/mol. The molecule has 116 valence electrons. The van der Waals surface area contributed by atoms with Gasteiger partial charge in [0, 0.05) is 6.42 Å². The molecular weight excluding hydrogens is 284 g/mol. The number of thioether (sulfide) groups is 2. The van der Waals surface area contributed by atoms with Gasteiger partial charge in [0.2, 0.25) is 0 Å². The molecule has 20 heavy (non-hydrogen) atoms. The summed E-state index contributed by atoms with van der Waals surface area (Å²) in [6, 6.07) is 0. The molecule has 0 spiro atoms. The summed E-state index contributed by atoms with van der Waals surface area (Å²) in [5, 5.41) is 0. The molecule has 1 aliphatic heterocycles. The van der Waals surface area contributed by atoms with E-state index in [1.807, 2.05) is 0 Å². The molecule has 0 aromatic heterocycles. The molecule has 0 saturated carbocycles. The summed E-state index contributed by atoms with van der Waals surface area (Å²) in [6.45, 7) is 2.24. The van der Waals surface area contributed by atoms with Crippen molar-refractivity contribution in [2.75, 3.05) is 11.5 Å². The second kappa shape index (κ2) is 11.7. The quantitative estimate of drug-likeness (QED) is 0.271. The van der Waals surface area contributed by atoms with Crippen LogP contribution in [0.3, 0.4) is 0 Å². The summed E-state index contributed by atoms with van der Waals surface area (Å²) < 4.78 is 0.415. The second-order valence-corrected chi connectivity index (χ2v) is 8.74. The van der Waals surface area contributed by atoms with E-state index in [0.29, 0.717) is 4.08 Å². The highest BCUT2D eigenvalue weighted by Gasteiger charge is 2.32. The normalized spacial score (nSPS) is 18.4. The van der Waals surface area contributed by atoms with Crippen LogP contribution in [0, 0.1) is 0 Å². The van der Waals surface area contributed by atoms with Crippen molar-refractivity contribution in [3.05, 3.63) is 12.2 Å². The summed E-state index contributed by atoms with van der Waals surface area (Å²) >= 11 is 4.31. The molecular formula is C17H30OS2. The first-order valence-corrected chi connectivity index (χ1v) is 10.2. The zero-order chi connectivity index (χ0) is 14.5. The van der Waals surface area contributed by atoms with Crippen LogP contribution in [-0.2, 0) is 4.79 Å². The Morgan fingerprint density at radius 2 is 1.55 bits per heavy atom. The molecule has 0 aliphatic carbocycles. The molecule has 0 aromatic rings. The van der Waals surface area contributed by atoms with Crippen LogP contribution in [-0.4, -0.2) is 21.9 Å². The zero-order valence-electron chi connectivity index (χ0n) is 12.9. The predicted octanol–water partition coefficient (Wildman–Crippen LogP) is 5.84. The first kappa shape index (κ1) is 18.2. The highest BCUT2D eigenvalue weighted by atomic mass is 32.2. The molecule has 1 rings (SSSR count). The topological polar surface area (TPSA) is 17.1 Å². The average Bonchev–Trinajstić information content (AvgIpc) is 2.48. The van der Waals surface area contributed by atoms with Crippen molar-refractivity contribution in [3.63, 3.8) is 0 Å². The Morgan fingerprint density at radius 1 is 0.950 bits per heavy atom. The van der Waals surface area contributed by atoms with Crippen molar-refractivity contribution in [2.45, 2.75) is 75.2 Å². The van der Waals surface area contributed by atoms with Gasteiger partial charge < -0.3 is 4.79 Å². The lowest BCUT2D eigenvalue weighted by atomic mass is 10.1. The van der Waals surface area contributed by atoms with E-state index < -0.39 is 0 Å². The maximum absolute atomic E-state index is 10.5. The Hall–Kier alpha value is 0.110. The first-order chi connectivity index (χ1) is 9.83. The Morgan fingerprint density at radius 3 is 2.15 bits per heavy atom. The molecule has 1 saturated heterocycles. The molecule has 1 fully saturated rings. The molecule has 0 bridgehead atoms. The van der Waals surface area contributed by atoms with Gasteiger partial charge in [0.25, 0.3) is 0 Å². The van der Waals surface area contributed by atoms with E-state index in [0.717, 1.165) is 19.1 Å². The minimum atomic E-state index is 0.415. The number of allylic oxidation sites excluding steroid dienone is 2. The molecule has 0 radical (unpaired) electrons. The van der Waals surface area contributed by atoms with Crippen molar-refractivity contribution in [2.24, 2.45) is 0 Å². The fourth-order valence-corrected chi connectivity index (χ4v) is 6.02. The second-order valence-electron chi connectivity index (χ2n) is 5.53. The number of unbranched alkanes of at least 4 members (excludes halogenated alkanes) is 4. The van der Waals surface area contributed by atoms with E-state index in [1.54, 1.807) is 0 Å². The fourth-order valence-electron chi connectivity index (χ4n) is 2.53. The number of hydrogen-bond donors (Lipinski definition) is 0. The number of carbonyl (C=O) groups excluding carboxylic acids is 1. The Kier molecular flexibility index (Phi) is 10.7. The number of carbonyl (C=O) groups is 1. The maximum atomic E-state index is 10.5. The maximum Gasteiger partial charge on any atom is 0.119 e. The van der Waals surface area contributed by atoms with Crippen molar-refractivity contribution >= 4 is 29.8 Å². The summed E-state index contributed by atoms with van der Waals surface area (Å²) in [6.07, 6.45) is 17.8. The fraction of sp³-hybridized carbons (Fsp3) is 0.824. The minimum absolute atomic E-state index is 0.415. The van der Waals surface area contributed by atoms with Crippen molar-refractivity contribution in [3.8, 4) is 0 Å². The third kappa shape index (κ3) is 7.78. The summed E-state index contributed by atoms with van der Waals surface area (Å²) in [4.78, 5) is 10.5. The lowest BCUT2D eigenvalue weighted by Gasteiger charge is -2.36. The molecule has 0 N–H and O–H groups in total. The van der Waals surface area contributed by atoms with E-state index in [2.05, 4.69) is 42.6 Å². The highest BCUT2D eigenvalue weighted by Crippen LogP contribution is 2.49. The molecule has 1 nitrogen and oxygen atoms in total. The first-order valence-electron chi connectivity index (χ1n) is 8.19. The zero-order valence-corrected chi connectivity index (χ0v) is 14.6. The van der Waals surface area contributed by atoms with E-state index >= 15 is 0 Å². The lowest BCUT2D eigenvalue weighted by Crippen LogP contribution is -2.25. The van der Waals surface area contributed by atoms with Crippen LogP contribution >= 0.6 is 23.5 Å². The van der Waals surface area contributed by atoms with Gasteiger partial charge in [-0.25, -0.2) is 0 Å². The molecule has 0 atom stereocenters. The van der Waals surface area contributed by atoms with Gasteiger partial charge in [0.05, 0.1) is 4.08 Å². The summed E-state index contributed by atoms with van der Waals surface area (Å²) in [5.41, 5.74) is 0. The molecule has 1 heterocycles. The van der Waals surface area contributed by atoms with E-state index in [-0.39, 0.29) is 0 Å². The van der Waals surface area contributed by atoms with E-state index in [1.165, 1.54) is 62.9 Å². The van der Waals surface area contributed by atoms with Gasteiger partial charge in [-0.15, -0.1) is 23.5 Å². The van der Waals surface area contributed by atoms with Crippen LogP contribution < -0.4 is 0 Å². The van der Waals surface area contributed by atoms with Gasteiger partial charge in [0.15, 0.2) is 0 Å². The van der Waals surface area contributed by atoms with Gasteiger partial charge in [-0.2, -0.15) is 0 Å². The highest BCUT2D eigenvalue weighted by molar-refractivity contribution is 8.18. The molecule has 0 unspecified atom stereocenters. The minimum Gasteiger partial charge on any atom is -0.303 e. The van der Waals surface area contributed by atoms with Crippen LogP contribution in [0.1, 0.15) is 71.1 Å². The molecule has 3 heteroatoms. The van der Waals surface area contributed by atoms with Gasteiger partial charge in [-0.3, -0.25) is 0 Å². The SMILES string of the molecule is CCCC/C=C/CCCC1(CCCC=O)SCCCS1. The summed E-state index contributed by atoms with van der Waals surface area (Å²) in [5.74, 6) is 2.61. The number of aldehydes is 1. The largest absolute Gasteiger partial charge is 0.303 e. The van der Waals surface area contributed by atoms with Crippen LogP contribution in [0.5, 0.6) is 0 Å². The van der Waals surface area contributed by atoms with E-state index in [9.17, 15) is 4.79 Å². The molecule has 0 aromatic carbocycles. The van der Waals surface area contributed by atoms with E-state index in [4.69, 9.17) is 0 Å². The van der Waals surface area contributed by atoms with Crippen molar-refractivity contribution in [1.29, 1.82) is 0 Å². The Labute approximate surface area is 133 Å². The van der Waals surface area contributed by atoms with Gasteiger partial charge >= 0.3 is 0 Å². The van der Waals surface area contributed by atoms with Crippen LogP contribution in [0.25, 0.3) is 0 Å².